The van der Waals surface area contributed by atoms with Gasteiger partial charge in [-0.15, -0.1) is 0 Å². The molecule has 1 aliphatic heterocycles. The fraction of sp³-hybridized carbons (Fsp3) is 0.368. The largest absolute Gasteiger partial charge is 0.351 e. The fourth-order valence-electron chi connectivity index (χ4n) is 3.42. The molecule has 3 aromatic rings. The van der Waals surface area contributed by atoms with Gasteiger partial charge in [-0.1, -0.05) is 19.0 Å². The Morgan fingerprint density at radius 2 is 2.15 bits per heavy atom. The van der Waals surface area contributed by atoms with Crippen LogP contribution in [0.25, 0.3) is 11.1 Å². The van der Waals surface area contributed by atoms with Crippen molar-refractivity contribution in [1.82, 2.24) is 25.2 Å². The van der Waals surface area contributed by atoms with Crippen molar-refractivity contribution in [3.8, 4) is 11.1 Å². The Bertz CT molecular complexity index is 900. The minimum atomic E-state index is -0.123. The number of hydrogen-bond donors (Lipinski definition) is 1. The smallest absolute Gasteiger partial charge is 0.293 e. The van der Waals surface area contributed by atoms with Crippen LogP contribution in [0.15, 0.2) is 41.3 Å². The summed E-state index contributed by atoms with van der Waals surface area (Å²) < 4.78 is 5.31. The molecule has 1 amide bonds. The van der Waals surface area contributed by atoms with Crippen molar-refractivity contribution in [3.05, 3.63) is 53.9 Å². The molecule has 0 aliphatic carbocycles. The van der Waals surface area contributed by atoms with Crippen LogP contribution >= 0.6 is 0 Å². The number of nitrogens with one attached hydrogen (secondary N) is 1. The van der Waals surface area contributed by atoms with E-state index in [-0.39, 0.29) is 17.9 Å². The first-order valence-electron chi connectivity index (χ1n) is 8.86. The van der Waals surface area contributed by atoms with Gasteiger partial charge in [0.25, 0.3) is 5.91 Å². The lowest BCUT2D eigenvalue weighted by molar-refractivity contribution is 0.0691. The van der Waals surface area contributed by atoms with Gasteiger partial charge in [-0.3, -0.25) is 14.9 Å². The van der Waals surface area contributed by atoms with Crippen LogP contribution in [0.4, 0.5) is 0 Å². The van der Waals surface area contributed by atoms with Gasteiger partial charge < -0.3 is 9.42 Å². The van der Waals surface area contributed by atoms with E-state index in [4.69, 9.17) is 4.52 Å². The van der Waals surface area contributed by atoms with E-state index in [1.165, 1.54) is 0 Å². The third kappa shape index (κ3) is 2.89. The summed E-state index contributed by atoms with van der Waals surface area (Å²) in [5.74, 6) is 0.397. The number of carbonyl (C=O) groups is 1. The zero-order chi connectivity index (χ0) is 18.1. The lowest BCUT2D eigenvalue weighted by Crippen LogP contribution is -2.30. The van der Waals surface area contributed by atoms with Crippen LogP contribution in [0.5, 0.6) is 0 Å². The quantitative estimate of drug-likeness (QED) is 0.776. The second-order valence-electron chi connectivity index (χ2n) is 6.86. The summed E-state index contributed by atoms with van der Waals surface area (Å²) in [5.41, 5.74) is 3.77. The number of amides is 1. The number of hydrogen-bond acceptors (Lipinski definition) is 5. The maximum Gasteiger partial charge on any atom is 0.293 e. The van der Waals surface area contributed by atoms with Gasteiger partial charge in [-0.05, 0) is 36.5 Å². The first-order valence-corrected chi connectivity index (χ1v) is 8.86. The van der Waals surface area contributed by atoms with Crippen LogP contribution in [0.2, 0.25) is 0 Å². The first-order chi connectivity index (χ1) is 12.6. The minimum absolute atomic E-state index is 0.0548. The number of rotatable bonds is 4. The molecule has 0 spiro atoms. The summed E-state index contributed by atoms with van der Waals surface area (Å²) in [6.07, 6.45) is 7.14. The molecule has 0 radical (unpaired) electrons. The van der Waals surface area contributed by atoms with Gasteiger partial charge in [0.05, 0.1) is 23.6 Å². The van der Waals surface area contributed by atoms with E-state index in [1.54, 1.807) is 24.7 Å². The maximum absolute atomic E-state index is 13.0. The molecule has 3 aromatic heterocycles. The highest BCUT2D eigenvalue weighted by Gasteiger charge is 2.35. The molecule has 1 atom stereocenters. The molecule has 1 N–H and O–H groups in total. The number of likely N-dealkylation sites (tertiary alicyclic amines) is 1. The minimum Gasteiger partial charge on any atom is -0.351 e. The molecule has 4 heterocycles. The van der Waals surface area contributed by atoms with Crippen molar-refractivity contribution in [1.29, 1.82) is 0 Å². The number of nitrogens with zero attached hydrogens (tertiary/aromatic N) is 4. The molecule has 1 aliphatic rings. The maximum atomic E-state index is 13.0. The predicted octanol–water partition coefficient (Wildman–Crippen LogP) is 3.56. The van der Waals surface area contributed by atoms with E-state index in [1.807, 2.05) is 30.9 Å². The Morgan fingerprint density at radius 3 is 2.88 bits per heavy atom. The van der Waals surface area contributed by atoms with Crippen LogP contribution < -0.4 is 0 Å². The Labute approximate surface area is 151 Å². The van der Waals surface area contributed by atoms with Crippen molar-refractivity contribution in [2.24, 2.45) is 0 Å². The molecule has 1 saturated heterocycles. The van der Waals surface area contributed by atoms with Crippen molar-refractivity contribution in [3.63, 3.8) is 0 Å². The molecule has 0 aromatic carbocycles. The van der Waals surface area contributed by atoms with Gasteiger partial charge in [-0.25, -0.2) is 0 Å². The molecule has 1 fully saturated rings. The van der Waals surface area contributed by atoms with E-state index < -0.39 is 0 Å². The lowest BCUT2D eigenvalue weighted by atomic mass is 10.0. The fourth-order valence-corrected chi connectivity index (χ4v) is 3.42. The summed E-state index contributed by atoms with van der Waals surface area (Å²) in [4.78, 5) is 18.9. The van der Waals surface area contributed by atoms with Crippen molar-refractivity contribution < 1.29 is 9.32 Å². The van der Waals surface area contributed by atoms with Crippen LogP contribution in [0, 0.1) is 0 Å². The zero-order valence-corrected chi connectivity index (χ0v) is 14.8. The van der Waals surface area contributed by atoms with Gasteiger partial charge in [0, 0.05) is 30.6 Å². The number of pyridine rings is 1. The lowest BCUT2D eigenvalue weighted by Gasteiger charge is -2.23. The summed E-state index contributed by atoms with van der Waals surface area (Å²) in [6, 6.07) is 5.58. The third-order valence-corrected chi connectivity index (χ3v) is 4.84. The number of aromatic nitrogens is 4. The molecular formula is C19H21N5O2. The van der Waals surface area contributed by atoms with E-state index in [0.29, 0.717) is 12.3 Å². The van der Waals surface area contributed by atoms with Crippen LogP contribution in [-0.2, 0) is 0 Å². The van der Waals surface area contributed by atoms with Gasteiger partial charge in [0.15, 0.2) is 0 Å². The van der Waals surface area contributed by atoms with Crippen LogP contribution in [0.3, 0.4) is 0 Å². The second-order valence-corrected chi connectivity index (χ2v) is 6.86. The number of H-pyrrole nitrogens is 1. The molecule has 7 heteroatoms. The highest BCUT2D eigenvalue weighted by molar-refractivity contribution is 5.92. The van der Waals surface area contributed by atoms with E-state index >= 15 is 0 Å². The van der Waals surface area contributed by atoms with Crippen molar-refractivity contribution in [2.75, 3.05) is 6.54 Å². The summed E-state index contributed by atoms with van der Waals surface area (Å²) in [6.45, 7) is 4.74. The normalized spacial score (nSPS) is 17.2. The van der Waals surface area contributed by atoms with Gasteiger partial charge in [-0.2, -0.15) is 5.10 Å². The van der Waals surface area contributed by atoms with Crippen molar-refractivity contribution in [2.45, 2.75) is 38.6 Å². The molecule has 26 heavy (non-hydrogen) atoms. The van der Waals surface area contributed by atoms with E-state index in [9.17, 15) is 4.79 Å². The summed E-state index contributed by atoms with van der Waals surface area (Å²) in [7, 11) is 0. The van der Waals surface area contributed by atoms with E-state index in [0.717, 1.165) is 35.4 Å². The average Bonchev–Trinajstić information content (AvgIpc) is 3.40. The molecular weight excluding hydrogens is 330 g/mol. The highest BCUT2D eigenvalue weighted by atomic mass is 16.5. The van der Waals surface area contributed by atoms with Crippen LogP contribution in [-0.4, -0.2) is 37.7 Å². The summed E-state index contributed by atoms with van der Waals surface area (Å²) in [5, 5.41) is 11.3. The second kappa shape index (κ2) is 6.74. The monoisotopic (exact) mass is 351 g/mol. The zero-order valence-electron chi connectivity index (χ0n) is 14.8. The Morgan fingerprint density at radius 1 is 1.35 bits per heavy atom. The topological polar surface area (TPSA) is 87.9 Å². The molecule has 7 nitrogen and oxygen atoms in total. The molecule has 0 unspecified atom stereocenters. The Kier molecular flexibility index (Phi) is 4.28. The first kappa shape index (κ1) is 16.5. The molecule has 0 saturated carbocycles. The standard InChI is InChI=1S/C19H21N5O2/c1-12(2)15-10-17(26-23-15)19(25)24-9-3-4-16(24)18-14(11-21-22-18)13-5-7-20-8-6-13/h5-8,10-12,16H,3-4,9H2,1-2H3,(H,21,22)/t16-/m0/s1. The van der Waals surface area contributed by atoms with E-state index in [2.05, 4.69) is 20.3 Å². The number of aromatic amines is 1. The number of carbonyl (C=O) groups excluding carboxylic acids is 1. The Balaban J connectivity index is 1.63. The van der Waals surface area contributed by atoms with Crippen LogP contribution in [0.1, 0.15) is 60.6 Å². The molecule has 0 bridgehead atoms. The van der Waals surface area contributed by atoms with Gasteiger partial charge in [0.2, 0.25) is 5.76 Å². The Hall–Kier alpha value is -2.96. The highest BCUT2D eigenvalue weighted by Crippen LogP contribution is 2.37. The SMILES string of the molecule is CC(C)c1cc(C(=O)N2CCC[C@H]2c2[nH]ncc2-c2ccncc2)on1. The van der Waals surface area contributed by atoms with Gasteiger partial charge in [0.1, 0.15) is 0 Å². The van der Waals surface area contributed by atoms with Crippen molar-refractivity contribution >= 4 is 5.91 Å². The molecule has 134 valence electrons. The third-order valence-electron chi connectivity index (χ3n) is 4.84. The molecule has 4 rings (SSSR count). The average molecular weight is 351 g/mol. The summed E-state index contributed by atoms with van der Waals surface area (Å²) >= 11 is 0. The predicted molar refractivity (Wildman–Crippen MR) is 95.4 cm³/mol. The van der Waals surface area contributed by atoms with Gasteiger partial charge >= 0.3 is 0 Å².